The molecular weight excluding hydrogens is 322 g/mol. The zero-order valence-electron chi connectivity index (χ0n) is 14.3. The quantitative estimate of drug-likeness (QED) is 0.377. The third-order valence-electron chi connectivity index (χ3n) is 4.23. The summed E-state index contributed by atoms with van der Waals surface area (Å²) < 4.78 is 5.40. The smallest absolute Gasteiger partial charge is 0.339 e. The lowest BCUT2D eigenvalue weighted by atomic mass is 10.0. The van der Waals surface area contributed by atoms with Gasteiger partial charge in [-0.05, 0) is 25.1 Å². The largest absolute Gasteiger partial charge is 0.422 e. The van der Waals surface area contributed by atoms with Gasteiger partial charge in [0.2, 0.25) is 0 Å². The molecule has 0 saturated carbocycles. The Morgan fingerprint density at radius 3 is 2.04 bits per heavy atom. The number of benzene rings is 3. The van der Waals surface area contributed by atoms with E-state index in [4.69, 9.17) is 9.41 Å². The van der Waals surface area contributed by atoms with Crippen LogP contribution in [0.15, 0.2) is 99.1 Å². The van der Waals surface area contributed by atoms with Crippen molar-refractivity contribution >= 4 is 22.4 Å². The molecule has 3 heteroatoms. The van der Waals surface area contributed by atoms with E-state index in [9.17, 15) is 4.79 Å². The molecule has 0 aliphatic rings. The van der Waals surface area contributed by atoms with Gasteiger partial charge in [0.15, 0.2) is 0 Å². The Bertz CT molecular complexity index is 1100. The van der Waals surface area contributed by atoms with Crippen molar-refractivity contribution in [1.82, 2.24) is 0 Å². The van der Waals surface area contributed by atoms with Crippen LogP contribution in [0, 0.1) is 6.92 Å². The monoisotopic (exact) mass is 339 g/mol. The van der Waals surface area contributed by atoms with Gasteiger partial charge in [-0.2, -0.15) is 0 Å². The number of rotatable bonds is 3. The molecule has 0 amide bonds. The molecule has 4 rings (SSSR count). The summed E-state index contributed by atoms with van der Waals surface area (Å²) in [6.45, 7) is 1.75. The lowest BCUT2D eigenvalue weighted by Gasteiger charge is -2.08. The number of hydrogen-bond donors (Lipinski definition) is 0. The van der Waals surface area contributed by atoms with Crippen LogP contribution in [0.25, 0.3) is 11.0 Å². The van der Waals surface area contributed by atoms with Crippen molar-refractivity contribution in [2.75, 3.05) is 0 Å². The van der Waals surface area contributed by atoms with Gasteiger partial charge in [0.1, 0.15) is 5.58 Å². The third-order valence-corrected chi connectivity index (χ3v) is 4.23. The highest BCUT2D eigenvalue weighted by Gasteiger charge is 2.08. The summed E-state index contributed by atoms with van der Waals surface area (Å²) in [7, 11) is 0. The topological polar surface area (TPSA) is 42.6 Å². The highest BCUT2D eigenvalue weighted by Crippen LogP contribution is 2.23. The molecule has 3 aromatic carbocycles. The second-order valence-corrected chi connectivity index (χ2v) is 6.13. The molecule has 4 aromatic rings. The van der Waals surface area contributed by atoms with E-state index in [1.807, 2.05) is 84.9 Å². The summed E-state index contributed by atoms with van der Waals surface area (Å²) in [4.78, 5) is 16.7. The first-order chi connectivity index (χ1) is 12.7. The average molecular weight is 339 g/mol. The molecule has 0 aliphatic carbocycles. The van der Waals surface area contributed by atoms with Gasteiger partial charge < -0.3 is 4.42 Å². The summed E-state index contributed by atoms with van der Waals surface area (Å²) in [5.74, 6) is 0. The van der Waals surface area contributed by atoms with Crippen LogP contribution in [0.3, 0.4) is 0 Å². The number of hydrogen-bond acceptors (Lipinski definition) is 3. The molecule has 3 nitrogen and oxygen atoms in total. The van der Waals surface area contributed by atoms with Gasteiger partial charge in [-0.1, -0.05) is 60.7 Å². The van der Waals surface area contributed by atoms with E-state index in [1.54, 1.807) is 6.92 Å². The van der Waals surface area contributed by atoms with Gasteiger partial charge in [0, 0.05) is 28.1 Å². The molecule has 1 aromatic heterocycles. The van der Waals surface area contributed by atoms with E-state index >= 15 is 0 Å². The lowest BCUT2D eigenvalue weighted by molar-refractivity contribution is 0.555. The minimum absolute atomic E-state index is 0.315. The Balaban J connectivity index is 1.88. The van der Waals surface area contributed by atoms with Gasteiger partial charge in [-0.25, -0.2) is 9.79 Å². The minimum Gasteiger partial charge on any atom is -0.422 e. The van der Waals surface area contributed by atoms with Crippen molar-refractivity contribution < 1.29 is 4.42 Å². The summed E-state index contributed by atoms with van der Waals surface area (Å²) in [6, 6.07) is 27.6. The van der Waals surface area contributed by atoms with Crippen LogP contribution in [0.1, 0.15) is 16.7 Å². The molecule has 0 saturated heterocycles. The molecular formula is C23H17NO2. The first-order valence-electron chi connectivity index (χ1n) is 8.45. The van der Waals surface area contributed by atoms with Crippen LogP contribution in [-0.2, 0) is 0 Å². The van der Waals surface area contributed by atoms with E-state index in [-0.39, 0.29) is 5.63 Å². The molecule has 0 radical (unpaired) electrons. The van der Waals surface area contributed by atoms with Gasteiger partial charge in [-0.15, -0.1) is 0 Å². The van der Waals surface area contributed by atoms with Crippen molar-refractivity contribution in [3.63, 3.8) is 0 Å². The van der Waals surface area contributed by atoms with Crippen molar-refractivity contribution in [3.8, 4) is 0 Å². The van der Waals surface area contributed by atoms with Crippen LogP contribution < -0.4 is 5.63 Å². The van der Waals surface area contributed by atoms with Gasteiger partial charge >= 0.3 is 5.63 Å². The van der Waals surface area contributed by atoms with Crippen LogP contribution >= 0.6 is 0 Å². The molecule has 0 atom stereocenters. The number of fused-ring (bicyclic) bond motifs is 1. The number of aryl methyl sites for hydroxylation is 1. The zero-order chi connectivity index (χ0) is 17.9. The van der Waals surface area contributed by atoms with Crippen LogP contribution in [-0.4, -0.2) is 5.71 Å². The van der Waals surface area contributed by atoms with E-state index in [2.05, 4.69) is 0 Å². The van der Waals surface area contributed by atoms with Crippen LogP contribution in [0.5, 0.6) is 0 Å². The van der Waals surface area contributed by atoms with Crippen molar-refractivity contribution in [1.29, 1.82) is 0 Å². The average Bonchev–Trinajstić information content (AvgIpc) is 2.68. The fourth-order valence-corrected chi connectivity index (χ4v) is 2.89. The Morgan fingerprint density at radius 2 is 1.42 bits per heavy atom. The highest BCUT2D eigenvalue weighted by molar-refractivity contribution is 6.14. The van der Waals surface area contributed by atoms with E-state index < -0.39 is 0 Å². The summed E-state index contributed by atoms with van der Waals surface area (Å²) in [5, 5.41) is 0.891. The summed E-state index contributed by atoms with van der Waals surface area (Å²) in [5.41, 5.74) is 4.51. The van der Waals surface area contributed by atoms with Crippen LogP contribution in [0.2, 0.25) is 0 Å². The molecule has 0 N–H and O–H groups in total. The van der Waals surface area contributed by atoms with Crippen molar-refractivity contribution in [2.45, 2.75) is 6.92 Å². The van der Waals surface area contributed by atoms with Crippen molar-refractivity contribution in [2.24, 2.45) is 4.99 Å². The van der Waals surface area contributed by atoms with E-state index in [1.165, 1.54) is 0 Å². The Labute approximate surface area is 151 Å². The maximum Gasteiger partial charge on any atom is 0.339 e. The second-order valence-electron chi connectivity index (χ2n) is 6.13. The molecule has 1 heterocycles. The third kappa shape index (κ3) is 3.20. The second kappa shape index (κ2) is 6.81. The number of nitrogens with zero attached hydrogens (tertiary/aromatic N) is 1. The van der Waals surface area contributed by atoms with Crippen molar-refractivity contribution in [3.05, 3.63) is 112 Å². The summed E-state index contributed by atoms with van der Waals surface area (Å²) >= 11 is 0. The molecule has 0 bridgehead atoms. The summed E-state index contributed by atoms with van der Waals surface area (Å²) in [6.07, 6.45) is 0. The fourth-order valence-electron chi connectivity index (χ4n) is 2.89. The Kier molecular flexibility index (Phi) is 4.20. The minimum atomic E-state index is -0.315. The van der Waals surface area contributed by atoms with Gasteiger partial charge in [-0.3, -0.25) is 0 Å². The molecule has 0 aliphatic heterocycles. The molecule has 0 unspecified atom stereocenters. The van der Waals surface area contributed by atoms with E-state index in [0.29, 0.717) is 11.1 Å². The highest BCUT2D eigenvalue weighted by atomic mass is 16.4. The lowest BCUT2D eigenvalue weighted by Crippen LogP contribution is -2.03. The van der Waals surface area contributed by atoms with E-state index in [0.717, 1.165) is 27.9 Å². The first kappa shape index (κ1) is 16.0. The maximum absolute atomic E-state index is 11.8. The molecule has 126 valence electrons. The Morgan fingerprint density at radius 1 is 0.808 bits per heavy atom. The zero-order valence-corrected chi connectivity index (χ0v) is 14.3. The first-order valence-corrected chi connectivity index (χ1v) is 8.45. The SMILES string of the molecule is Cc1cc2ccc(N=C(c3ccccc3)c3ccccc3)cc2oc1=O. The maximum atomic E-state index is 11.8. The predicted octanol–water partition coefficient (Wildman–Crippen LogP) is 5.27. The van der Waals surface area contributed by atoms with Gasteiger partial charge in [0.25, 0.3) is 0 Å². The molecule has 26 heavy (non-hydrogen) atoms. The normalized spacial score (nSPS) is 10.7. The predicted molar refractivity (Wildman–Crippen MR) is 105 cm³/mol. The van der Waals surface area contributed by atoms with Crippen LogP contribution in [0.4, 0.5) is 5.69 Å². The Hall–Kier alpha value is -3.46. The molecule has 0 fully saturated rings. The van der Waals surface area contributed by atoms with Gasteiger partial charge in [0.05, 0.1) is 11.4 Å². The fraction of sp³-hybridized carbons (Fsp3) is 0.0435. The standard InChI is InChI=1S/C23H17NO2/c1-16-14-19-12-13-20(15-21(19)26-23(16)25)24-22(17-8-4-2-5-9-17)18-10-6-3-7-11-18/h2-15H,1H3. The number of aliphatic imine (C=N–C) groups is 1. The molecule has 0 spiro atoms.